The van der Waals surface area contributed by atoms with Crippen molar-refractivity contribution < 1.29 is 15.0 Å². The van der Waals surface area contributed by atoms with Crippen molar-refractivity contribution in [3.63, 3.8) is 0 Å². The van der Waals surface area contributed by atoms with E-state index in [-0.39, 0.29) is 13.2 Å². The largest absolute Gasteiger partial charge is 0.394 e. The summed E-state index contributed by atoms with van der Waals surface area (Å²) in [6.07, 6.45) is 1.47. The van der Waals surface area contributed by atoms with Gasteiger partial charge in [0.15, 0.2) is 0 Å². The average molecular weight is 189 g/mol. The van der Waals surface area contributed by atoms with Gasteiger partial charge >= 0.3 is 6.03 Å². The summed E-state index contributed by atoms with van der Waals surface area (Å²) in [6, 6.07) is -0.673. The zero-order valence-corrected chi connectivity index (χ0v) is 7.36. The number of hydrogen-bond donors (Lipinski definition) is 4. The molecule has 13 heavy (non-hydrogen) atoms. The van der Waals surface area contributed by atoms with Gasteiger partial charge in [-0.1, -0.05) is 0 Å². The average Bonchev–Trinajstić information content (AvgIpc) is 2.48. The van der Waals surface area contributed by atoms with Gasteiger partial charge < -0.3 is 15.9 Å². The lowest BCUT2D eigenvalue weighted by molar-refractivity contribution is -0.00519. The Labute approximate surface area is 76.3 Å². The molecule has 1 heterocycles. The van der Waals surface area contributed by atoms with Crippen LogP contribution in [0.3, 0.4) is 0 Å². The molecule has 6 nitrogen and oxygen atoms in total. The number of carbonyl (C=O) groups is 1. The fraction of sp³-hybridized carbons (Fsp3) is 0.857. The number of aliphatic hydroxyl groups excluding tert-OH is 2. The molecule has 0 atom stereocenters. The third kappa shape index (κ3) is 1.90. The molecule has 0 aromatic carbocycles. The van der Waals surface area contributed by atoms with Crippen LogP contribution in [0.1, 0.15) is 12.8 Å². The summed E-state index contributed by atoms with van der Waals surface area (Å²) >= 11 is 0. The molecule has 2 amide bonds. The Balaban J connectivity index is 2.66. The van der Waals surface area contributed by atoms with Gasteiger partial charge in [0.1, 0.15) is 0 Å². The van der Waals surface area contributed by atoms with Gasteiger partial charge in [0.2, 0.25) is 0 Å². The second-order valence-corrected chi connectivity index (χ2v) is 3.27. The predicted octanol–water partition coefficient (Wildman–Crippen LogP) is -1.61. The summed E-state index contributed by atoms with van der Waals surface area (Å²) in [7, 11) is 0. The van der Waals surface area contributed by atoms with Gasteiger partial charge in [-0.05, 0) is 12.8 Å². The fourth-order valence-corrected chi connectivity index (χ4v) is 1.62. The standard InChI is InChI=1S/C7H15N3O3/c8-6(13)9-10-3-1-2-7(10,4-11)5-12/h11-12H,1-5H2,(H3,8,9,13). The lowest BCUT2D eigenvalue weighted by Crippen LogP contribution is -2.58. The quantitative estimate of drug-likeness (QED) is 0.429. The first-order chi connectivity index (χ1) is 6.14. The molecule has 0 aromatic heterocycles. The molecular weight excluding hydrogens is 174 g/mol. The molecule has 1 saturated heterocycles. The lowest BCUT2D eigenvalue weighted by atomic mass is 10.00. The highest BCUT2D eigenvalue weighted by Crippen LogP contribution is 2.26. The number of carbonyl (C=O) groups excluding carboxylic acids is 1. The zero-order valence-electron chi connectivity index (χ0n) is 7.36. The lowest BCUT2D eigenvalue weighted by Gasteiger charge is -2.34. The Morgan fingerprint density at radius 3 is 2.62 bits per heavy atom. The van der Waals surface area contributed by atoms with Crippen molar-refractivity contribution in [2.75, 3.05) is 19.8 Å². The van der Waals surface area contributed by atoms with Gasteiger partial charge in [-0.2, -0.15) is 0 Å². The smallest absolute Gasteiger partial charge is 0.326 e. The van der Waals surface area contributed by atoms with Gasteiger partial charge in [-0.25, -0.2) is 9.80 Å². The van der Waals surface area contributed by atoms with Crippen LogP contribution in [0.25, 0.3) is 0 Å². The van der Waals surface area contributed by atoms with Crippen molar-refractivity contribution in [1.29, 1.82) is 0 Å². The van der Waals surface area contributed by atoms with E-state index in [1.165, 1.54) is 5.01 Å². The minimum absolute atomic E-state index is 0.191. The van der Waals surface area contributed by atoms with Crippen LogP contribution in [0.4, 0.5) is 4.79 Å². The number of nitrogens with zero attached hydrogens (tertiary/aromatic N) is 1. The molecule has 6 heteroatoms. The number of rotatable bonds is 3. The van der Waals surface area contributed by atoms with E-state index in [9.17, 15) is 4.79 Å². The number of hydrazine groups is 1. The van der Waals surface area contributed by atoms with Crippen LogP contribution < -0.4 is 11.2 Å². The van der Waals surface area contributed by atoms with Crippen LogP contribution in [0.15, 0.2) is 0 Å². The van der Waals surface area contributed by atoms with Gasteiger partial charge in [0.25, 0.3) is 0 Å². The van der Waals surface area contributed by atoms with Gasteiger partial charge in [-0.15, -0.1) is 0 Å². The van der Waals surface area contributed by atoms with E-state index >= 15 is 0 Å². The highest BCUT2D eigenvalue weighted by atomic mass is 16.3. The molecule has 0 unspecified atom stereocenters. The summed E-state index contributed by atoms with van der Waals surface area (Å²) in [6.45, 7) is 0.220. The first-order valence-corrected chi connectivity index (χ1v) is 4.20. The summed E-state index contributed by atoms with van der Waals surface area (Å²) < 4.78 is 0. The van der Waals surface area contributed by atoms with Gasteiger partial charge in [-0.3, -0.25) is 5.43 Å². The molecule has 1 rings (SSSR count). The van der Waals surface area contributed by atoms with E-state index in [4.69, 9.17) is 15.9 Å². The van der Waals surface area contributed by atoms with Crippen LogP contribution in [0.5, 0.6) is 0 Å². The fourth-order valence-electron chi connectivity index (χ4n) is 1.62. The van der Waals surface area contributed by atoms with Crippen LogP contribution in [-0.4, -0.2) is 46.6 Å². The maximum atomic E-state index is 10.6. The summed E-state index contributed by atoms with van der Waals surface area (Å²) in [4.78, 5) is 10.6. The molecule has 1 fully saturated rings. The molecule has 0 bridgehead atoms. The maximum Gasteiger partial charge on any atom is 0.326 e. The SMILES string of the molecule is NC(=O)NN1CCCC1(CO)CO. The number of urea groups is 1. The van der Waals surface area contributed by atoms with E-state index in [0.717, 1.165) is 6.42 Å². The van der Waals surface area contributed by atoms with Crippen LogP contribution >= 0.6 is 0 Å². The zero-order chi connectivity index (χ0) is 9.90. The van der Waals surface area contributed by atoms with Crippen molar-refractivity contribution in [3.8, 4) is 0 Å². The van der Waals surface area contributed by atoms with E-state index in [1.54, 1.807) is 0 Å². The van der Waals surface area contributed by atoms with E-state index in [2.05, 4.69) is 5.43 Å². The Morgan fingerprint density at radius 1 is 1.54 bits per heavy atom. The topological polar surface area (TPSA) is 98.8 Å². The molecule has 76 valence electrons. The minimum Gasteiger partial charge on any atom is -0.394 e. The van der Waals surface area contributed by atoms with Crippen LogP contribution in [0, 0.1) is 0 Å². The van der Waals surface area contributed by atoms with E-state index in [1.807, 2.05) is 0 Å². The normalized spacial score (nSPS) is 21.7. The van der Waals surface area contributed by atoms with Crippen molar-refractivity contribution in [1.82, 2.24) is 10.4 Å². The number of nitrogens with two attached hydrogens (primary N) is 1. The number of aliphatic hydroxyl groups is 2. The van der Waals surface area contributed by atoms with Gasteiger partial charge in [0.05, 0.1) is 18.8 Å². The Hall–Kier alpha value is -0.850. The molecule has 0 aromatic rings. The monoisotopic (exact) mass is 189 g/mol. The molecular formula is C7H15N3O3. The molecule has 0 spiro atoms. The Morgan fingerprint density at radius 2 is 2.15 bits per heavy atom. The second-order valence-electron chi connectivity index (χ2n) is 3.27. The summed E-state index contributed by atoms with van der Waals surface area (Å²) in [5, 5.41) is 19.7. The van der Waals surface area contributed by atoms with E-state index in [0.29, 0.717) is 13.0 Å². The molecule has 5 N–H and O–H groups in total. The van der Waals surface area contributed by atoms with Gasteiger partial charge in [0, 0.05) is 6.54 Å². The molecule has 0 aliphatic carbocycles. The highest BCUT2D eigenvalue weighted by molar-refractivity contribution is 5.71. The third-order valence-electron chi connectivity index (χ3n) is 2.43. The number of hydrogen-bond acceptors (Lipinski definition) is 4. The summed E-state index contributed by atoms with van der Waals surface area (Å²) in [5.41, 5.74) is 6.59. The first kappa shape index (κ1) is 10.2. The number of amides is 2. The minimum atomic E-state index is -0.741. The Bertz CT molecular complexity index is 193. The number of nitrogens with one attached hydrogen (secondary N) is 1. The molecule has 1 aliphatic rings. The van der Waals surface area contributed by atoms with Crippen molar-refractivity contribution in [2.45, 2.75) is 18.4 Å². The third-order valence-corrected chi connectivity index (χ3v) is 2.43. The Kier molecular flexibility index (Phi) is 3.07. The van der Waals surface area contributed by atoms with Crippen molar-refractivity contribution >= 4 is 6.03 Å². The second kappa shape index (κ2) is 3.91. The van der Waals surface area contributed by atoms with E-state index < -0.39 is 11.6 Å². The van der Waals surface area contributed by atoms with Crippen LogP contribution in [0.2, 0.25) is 0 Å². The molecule has 0 saturated carbocycles. The summed E-state index contributed by atoms with van der Waals surface area (Å²) in [5.74, 6) is 0. The highest BCUT2D eigenvalue weighted by Gasteiger charge is 2.40. The van der Waals surface area contributed by atoms with Crippen molar-refractivity contribution in [2.24, 2.45) is 5.73 Å². The van der Waals surface area contributed by atoms with Crippen molar-refractivity contribution in [3.05, 3.63) is 0 Å². The number of primary amides is 1. The maximum absolute atomic E-state index is 10.6. The predicted molar refractivity (Wildman–Crippen MR) is 45.6 cm³/mol. The van der Waals surface area contributed by atoms with Crippen LogP contribution in [-0.2, 0) is 0 Å². The first-order valence-electron chi connectivity index (χ1n) is 4.20. The molecule has 0 radical (unpaired) electrons. The molecule has 1 aliphatic heterocycles.